The Hall–Kier alpha value is -1.63. The van der Waals surface area contributed by atoms with Gasteiger partial charge in [-0.05, 0) is 25.8 Å². The molecule has 0 aromatic carbocycles. The molecule has 0 amide bonds. The fourth-order valence-corrected chi connectivity index (χ4v) is 2.75. The number of likely N-dealkylation sites (tertiary alicyclic amines) is 1. The number of aryl methyl sites for hydroxylation is 2. The molecule has 7 nitrogen and oxygen atoms in total. The second kappa shape index (κ2) is 6.21. The van der Waals surface area contributed by atoms with Crippen LogP contribution in [0.1, 0.15) is 32.4 Å². The van der Waals surface area contributed by atoms with Crippen LogP contribution >= 0.6 is 0 Å². The van der Waals surface area contributed by atoms with E-state index in [0.29, 0.717) is 17.9 Å². The van der Waals surface area contributed by atoms with Crippen molar-refractivity contribution in [3.63, 3.8) is 0 Å². The van der Waals surface area contributed by atoms with Gasteiger partial charge >= 0.3 is 5.69 Å². The number of piperidine rings is 1. The molecule has 2 heterocycles. The van der Waals surface area contributed by atoms with Crippen LogP contribution in [0.3, 0.4) is 0 Å². The average Bonchev–Trinajstić information content (AvgIpc) is 2.76. The van der Waals surface area contributed by atoms with Crippen molar-refractivity contribution in [2.45, 2.75) is 39.2 Å². The third-order valence-corrected chi connectivity index (χ3v) is 3.99. The van der Waals surface area contributed by atoms with Crippen LogP contribution in [0.2, 0.25) is 0 Å². The van der Waals surface area contributed by atoms with Crippen molar-refractivity contribution in [3.8, 4) is 0 Å². The number of aromatic nitrogens is 2. The molecule has 112 valence electrons. The Balaban J connectivity index is 2.13. The molecule has 0 bridgehead atoms. The van der Waals surface area contributed by atoms with Crippen LogP contribution in [0.5, 0.6) is 0 Å². The normalized spacial score (nSPS) is 17.4. The molecular weight excluding hydrogens is 258 g/mol. The van der Waals surface area contributed by atoms with Gasteiger partial charge in [0.25, 0.3) is 0 Å². The molecule has 0 spiro atoms. The first kappa shape index (κ1) is 14.8. The van der Waals surface area contributed by atoms with E-state index in [1.807, 2.05) is 6.92 Å². The minimum atomic E-state index is -0.324. The number of anilines is 1. The predicted molar refractivity (Wildman–Crippen MR) is 78.0 cm³/mol. The van der Waals surface area contributed by atoms with Crippen LogP contribution in [0.15, 0.2) is 0 Å². The van der Waals surface area contributed by atoms with E-state index in [2.05, 4.69) is 22.2 Å². The minimum Gasteiger partial charge on any atom is -0.362 e. The molecule has 2 rings (SSSR count). The maximum absolute atomic E-state index is 11.3. The van der Waals surface area contributed by atoms with Gasteiger partial charge in [-0.25, -0.2) is 4.68 Å². The molecule has 0 unspecified atom stereocenters. The lowest BCUT2D eigenvalue weighted by molar-refractivity contribution is -0.384. The third kappa shape index (κ3) is 2.92. The van der Waals surface area contributed by atoms with Gasteiger partial charge in [0.05, 0.1) is 4.92 Å². The van der Waals surface area contributed by atoms with Crippen LogP contribution in [-0.4, -0.2) is 45.3 Å². The number of nitrogens with zero attached hydrogens (tertiary/aromatic N) is 4. The molecule has 1 aliphatic rings. The summed E-state index contributed by atoms with van der Waals surface area (Å²) in [4.78, 5) is 13.3. The highest BCUT2D eigenvalue weighted by atomic mass is 16.6. The quantitative estimate of drug-likeness (QED) is 0.657. The Morgan fingerprint density at radius 1 is 1.40 bits per heavy atom. The zero-order valence-electron chi connectivity index (χ0n) is 12.4. The van der Waals surface area contributed by atoms with Crippen LogP contribution in [0.4, 0.5) is 11.5 Å². The van der Waals surface area contributed by atoms with Crippen molar-refractivity contribution < 1.29 is 4.92 Å². The summed E-state index contributed by atoms with van der Waals surface area (Å²) in [5.74, 6) is 0.543. The lowest BCUT2D eigenvalue weighted by Gasteiger charge is -2.31. The van der Waals surface area contributed by atoms with Gasteiger partial charge in [-0.3, -0.25) is 10.1 Å². The molecule has 0 radical (unpaired) electrons. The third-order valence-electron chi connectivity index (χ3n) is 3.99. The van der Waals surface area contributed by atoms with E-state index in [1.165, 1.54) is 0 Å². The lowest BCUT2D eigenvalue weighted by atomic mass is 10.1. The first-order valence-electron chi connectivity index (χ1n) is 7.25. The molecule has 1 N–H and O–H groups in total. The molecule has 1 aromatic rings. The summed E-state index contributed by atoms with van der Waals surface area (Å²) >= 11 is 0. The van der Waals surface area contributed by atoms with E-state index < -0.39 is 0 Å². The second-order valence-corrected chi connectivity index (χ2v) is 5.23. The first-order valence-corrected chi connectivity index (χ1v) is 7.25. The summed E-state index contributed by atoms with van der Waals surface area (Å²) in [5, 5.41) is 18.8. The average molecular weight is 281 g/mol. The van der Waals surface area contributed by atoms with Gasteiger partial charge in [-0.15, -0.1) is 0 Å². The van der Waals surface area contributed by atoms with Gasteiger partial charge in [0.15, 0.2) is 0 Å². The summed E-state index contributed by atoms with van der Waals surface area (Å²) in [5.41, 5.74) is 0.680. The van der Waals surface area contributed by atoms with Gasteiger partial charge in [-0.1, -0.05) is 13.8 Å². The van der Waals surface area contributed by atoms with E-state index in [1.54, 1.807) is 11.7 Å². The SMILES string of the molecule is CCc1nn(C)c(NC2CCN(CC)CC2)c1[N+](=O)[O-]. The van der Waals surface area contributed by atoms with Crippen molar-refractivity contribution in [2.75, 3.05) is 25.0 Å². The summed E-state index contributed by atoms with van der Waals surface area (Å²) in [7, 11) is 1.76. The van der Waals surface area contributed by atoms with E-state index in [-0.39, 0.29) is 16.7 Å². The maximum Gasteiger partial charge on any atom is 0.333 e. The van der Waals surface area contributed by atoms with Crippen molar-refractivity contribution in [1.82, 2.24) is 14.7 Å². The highest BCUT2D eigenvalue weighted by Gasteiger charge is 2.28. The lowest BCUT2D eigenvalue weighted by Crippen LogP contribution is -2.39. The molecule has 1 aromatic heterocycles. The summed E-state index contributed by atoms with van der Waals surface area (Å²) in [6.45, 7) is 7.20. The van der Waals surface area contributed by atoms with E-state index in [4.69, 9.17) is 0 Å². The first-order chi connectivity index (χ1) is 9.56. The molecule has 1 saturated heterocycles. The predicted octanol–water partition coefficient (Wildman–Crippen LogP) is 1.79. The second-order valence-electron chi connectivity index (χ2n) is 5.23. The number of hydrogen-bond donors (Lipinski definition) is 1. The maximum atomic E-state index is 11.3. The number of rotatable bonds is 5. The van der Waals surface area contributed by atoms with Crippen molar-refractivity contribution >= 4 is 11.5 Å². The van der Waals surface area contributed by atoms with Crippen molar-refractivity contribution in [3.05, 3.63) is 15.8 Å². The fraction of sp³-hybridized carbons (Fsp3) is 0.769. The Labute approximate surface area is 119 Å². The van der Waals surface area contributed by atoms with Gasteiger partial charge in [-0.2, -0.15) is 5.10 Å². The molecular formula is C13H23N5O2. The summed E-state index contributed by atoms with van der Waals surface area (Å²) in [6.07, 6.45) is 2.59. The smallest absolute Gasteiger partial charge is 0.333 e. The topological polar surface area (TPSA) is 76.2 Å². The highest BCUT2D eigenvalue weighted by Crippen LogP contribution is 2.30. The molecule has 0 atom stereocenters. The van der Waals surface area contributed by atoms with Gasteiger partial charge in [0.2, 0.25) is 5.82 Å². The number of hydrogen-bond acceptors (Lipinski definition) is 5. The van der Waals surface area contributed by atoms with Crippen molar-refractivity contribution in [1.29, 1.82) is 0 Å². The molecule has 1 aliphatic heterocycles. The van der Waals surface area contributed by atoms with E-state index in [0.717, 1.165) is 32.5 Å². The Kier molecular flexibility index (Phi) is 4.59. The Morgan fingerprint density at radius 3 is 2.55 bits per heavy atom. The fourth-order valence-electron chi connectivity index (χ4n) is 2.75. The van der Waals surface area contributed by atoms with E-state index in [9.17, 15) is 10.1 Å². The van der Waals surface area contributed by atoms with E-state index >= 15 is 0 Å². The van der Waals surface area contributed by atoms with Crippen molar-refractivity contribution in [2.24, 2.45) is 7.05 Å². The largest absolute Gasteiger partial charge is 0.362 e. The van der Waals surface area contributed by atoms with Gasteiger partial charge < -0.3 is 10.2 Å². The van der Waals surface area contributed by atoms with Crippen LogP contribution in [0, 0.1) is 10.1 Å². The van der Waals surface area contributed by atoms with Crippen LogP contribution in [-0.2, 0) is 13.5 Å². The van der Waals surface area contributed by atoms with Gasteiger partial charge in [0, 0.05) is 26.2 Å². The van der Waals surface area contributed by atoms with Gasteiger partial charge in [0.1, 0.15) is 5.69 Å². The zero-order chi connectivity index (χ0) is 14.7. The zero-order valence-corrected chi connectivity index (χ0v) is 12.4. The summed E-state index contributed by atoms with van der Waals surface area (Å²) in [6, 6.07) is 0.289. The standard InChI is InChI=1S/C13H23N5O2/c1-4-11-12(18(19)20)13(16(3)15-11)14-10-6-8-17(5-2)9-7-10/h10,14H,4-9H2,1-3H3. The molecule has 0 aliphatic carbocycles. The molecule has 7 heteroatoms. The minimum absolute atomic E-state index is 0.132. The highest BCUT2D eigenvalue weighted by molar-refractivity contribution is 5.60. The monoisotopic (exact) mass is 281 g/mol. The molecule has 20 heavy (non-hydrogen) atoms. The number of nitrogens with one attached hydrogen (secondary N) is 1. The Bertz CT molecular complexity index is 477. The Morgan fingerprint density at radius 2 is 2.05 bits per heavy atom. The molecule has 1 fully saturated rings. The summed E-state index contributed by atoms with van der Waals surface area (Å²) < 4.78 is 1.60. The number of nitro groups is 1. The van der Waals surface area contributed by atoms with Crippen LogP contribution in [0.25, 0.3) is 0 Å². The van der Waals surface area contributed by atoms with Crippen LogP contribution < -0.4 is 5.32 Å². The molecule has 0 saturated carbocycles.